The molecule has 0 unspecified atom stereocenters. The summed E-state index contributed by atoms with van der Waals surface area (Å²) in [6.07, 6.45) is 21.9. The van der Waals surface area contributed by atoms with Crippen LogP contribution in [0.3, 0.4) is 0 Å². The first-order chi connectivity index (χ1) is 19.3. The molecule has 5 heteroatoms. The number of hydrogen-bond donors (Lipinski definition) is 0. The highest BCUT2D eigenvalue weighted by Gasteiger charge is 2.23. The molecule has 0 atom stereocenters. The van der Waals surface area contributed by atoms with Crippen LogP contribution in [0, 0.1) is 12.8 Å². The topological polar surface area (TPSA) is 52.6 Å². The number of aryl methyl sites for hydroxylation is 1. The van der Waals surface area contributed by atoms with Gasteiger partial charge in [-0.25, -0.2) is 8.42 Å². The van der Waals surface area contributed by atoms with E-state index < -0.39 is 9.84 Å². The number of hydrogen-bond acceptors (Lipinski definition) is 4. The fourth-order valence-corrected chi connectivity index (χ4v) is 3.17. The third-order valence-corrected chi connectivity index (χ3v) is 4.57. The van der Waals surface area contributed by atoms with E-state index in [1.807, 2.05) is 82.3 Å². The highest BCUT2D eigenvalue weighted by atomic mass is 32.2. The number of allylic oxidation sites excluding steroid dienone is 12. The van der Waals surface area contributed by atoms with E-state index >= 15 is 0 Å². The summed E-state index contributed by atoms with van der Waals surface area (Å²) >= 11 is 0. The van der Waals surface area contributed by atoms with Crippen molar-refractivity contribution in [3.05, 3.63) is 144 Å². The van der Waals surface area contributed by atoms with E-state index in [4.69, 9.17) is 0 Å². The number of rotatable bonds is 2. The third kappa shape index (κ3) is 21.7. The van der Waals surface area contributed by atoms with Crippen molar-refractivity contribution >= 4 is 9.84 Å². The van der Waals surface area contributed by atoms with Gasteiger partial charge in [0.1, 0.15) is 16.6 Å². The third-order valence-electron chi connectivity index (χ3n) is 4.57. The molecule has 3 aliphatic rings. The molecule has 2 aromatic carbocycles. The summed E-state index contributed by atoms with van der Waals surface area (Å²) in [5, 5.41) is 0. The summed E-state index contributed by atoms with van der Waals surface area (Å²) in [6, 6.07) is 22.3. The van der Waals surface area contributed by atoms with Crippen molar-refractivity contribution in [3.8, 4) is 0 Å². The van der Waals surface area contributed by atoms with Gasteiger partial charge in [-0.05, 0) is 23.6 Å². The van der Waals surface area contributed by atoms with Crippen LogP contribution in [-0.2, 0) is 19.3 Å². The van der Waals surface area contributed by atoms with E-state index in [1.54, 1.807) is 14.2 Å². The summed E-state index contributed by atoms with van der Waals surface area (Å²) in [6.45, 7) is 10.5. The van der Waals surface area contributed by atoms with Gasteiger partial charge in [-0.2, -0.15) is 0 Å². The van der Waals surface area contributed by atoms with Gasteiger partial charge in [-0.1, -0.05) is 155 Å². The zero-order chi connectivity index (χ0) is 30.7. The zero-order valence-corrected chi connectivity index (χ0v) is 26.7. The van der Waals surface area contributed by atoms with E-state index in [0.29, 0.717) is 12.7 Å². The molecule has 0 aromatic heterocycles. The van der Waals surface area contributed by atoms with Gasteiger partial charge in [0.25, 0.3) is 0 Å². The summed E-state index contributed by atoms with van der Waals surface area (Å²) in [7, 11) is 0.507. The molecule has 0 saturated heterocycles. The predicted molar refractivity (Wildman–Crippen MR) is 175 cm³/mol. The maximum Gasteiger partial charge on any atom is 0.145 e. The molecule has 0 amide bonds. The van der Waals surface area contributed by atoms with Crippen molar-refractivity contribution in [2.75, 3.05) is 33.5 Å². The summed E-state index contributed by atoms with van der Waals surface area (Å²) < 4.78 is 28.2. The Morgan fingerprint density at radius 1 is 0.600 bits per heavy atom. The first-order valence-corrected chi connectivity index (χ1v) is 15.9. The van der Waals surface area contributed by atoms with Crippen LogP contribution in [-0.4, -0.2) is 41.9 Å². The Morgan fingerprint density at radius 3 is 1.07 bits per heavy atom. The Balaban J connectivity index is 0. The van der Waals surface area contributed by atoms with Crippen LogP contribution in [0.1, 0.15) is 33.3 Å². The lowest BCUT2D eigenvalue weighted by molar-refractivity contribution is -0.00272. The lowest BCUT2D eigenvalue weighted by Gasteiger charge is -2.27. The second kappa shape index (κ2) is 26.0. The lowest BCUT2D eigenvalue weighted by atomic mass is 9.76. The van der Waals surface area contributed by atoms with Crippen molar-refractivity contribution in [3.63, 3.8) is 0 Å². The van der Waals surface area contributed by atoms with E-state index in [0.717, 1.165) is 12.5 Å². The molecular formula is C35H50O4S. The average Bonchev–Trinajstić information content (AvgIpc) is 2.98. The van der Waals surface area contributed by atoms with Crippen LogP contribution < -0.4 is 0 Å². The van der Waals surface area contributed by atoms with Crippen molar-refractivity contribution < 1.29 is 17.9 Å². The molecule has 0 bridgehead atoms. The standard InChI is InChI=1S/C13H10.C7H8.C6H6.C3H8O2.C2H6O2S.2C2H6/c1-4-10-6-2-8-12-9-3-7-11(5-1)13(10)12;1-7-5-3-2-4-6-7;1-2-4-6-5-3-1;1-4-3-5-2;1-5(2,3)4;2*1-2/h1-9,13H;2-6H,1H3;1-6H;3H2,1-2H3;1-2H3;2*1-2H3. The molecule has 0 saturated carbocycles. The van der Waals surface area contributed by atoms with Gasteiger partial charge in [0.2, 0.25) is 0 Å². The van der Waals surface area contributed by atoms with Crippen LogP contribution in [0.25, 0.3) is 0 Å². The molecule has 2 aromatic rings. The molecule has 0 spiro atoms. The fraction of sp³-hybridized carbons (Fsp3) is 0.314. The Labute approximate surface area is 245 Å². The second-order valence-corrected chi connectivity index (χ2v) is 10.4. The van der Waals surface area contributed by atoms with Crippen LogP contribution in [0.4, 0.5) is 0 Å². The monoisotopic (exact) mass is 566 g/mol. The molecule has 5 rings (SSSR count). The minimum Gasteiger partial charge on any atom is -0.359 e. The quantitative estimate of drug-likeness (QED) is 0.341. The number of methoxy groups -OCH3 is 2. The summed E-state index contributed by atoms with van der Waals surface area (Å²) in [5.41, 5.74) is 5.56. The Bertz CT molecular complexity index is 1050. The van der Waals surface area contributed by atoms with E-state index in [1.165, 1.54) is 22.3 Å². The number of sulfone groups is 1. The molecule has 0 radical (unpaired) electrons. The van der Waals surface area contributed by atoms with Gasteiger partial charge < -0.3 is 9.47 Å². The van der Waals surface area contributed by atoms with Crippen molar-refractivity contribution in [1.29, 1.82) is 0 Å². The predicted octanol–water partition coefficient (Wildman–Crippen LogP) is 8.72. The maximum absolute atomic E-state index is 9.63. The van der Waals surface area contributed by atoms with Crippen LogP contribution in [0.15, 0.2) is 138 Å². The van der Waals surface area contributed by atoms with Crippen molar-refractivity contribution in [2.45, 2.75) is 34.6 Å². The molecule has 0 fully saturated rings. The van der Waals surface area contributed by atoms with Gasteiger partial charge >= 0.3 is 0 Å². The SMILES string of the molecule is C1=CC2=CC=CC3=CC=CC(=C1)C23.CC.CC.COCOC.CS(C)(=O)=O.Cc1ccccc1.c1ccccc1. The van der Waals surface area contributed by atoms with Crippen molar-refractivity contribution in [1.82, 2.24) is 0 Å². The highest BCUT2D eigenvalue weighted by Crippen LogP contribution is 2.38. The first-order valence-electron chi connectivity index (χ1n) is 13.6. The van der Waals surface area contributed by atoms with Crippen LogP contribution in [0.2, 0.25) is 0 Å². The molecule has 0 aliphatic heterocycles. The normalized spacial score (nSPS) is 13.2. The molecular weight excluding hydrogens is 516 g/mol. The zero-order valence-electron chi connectivity index (χ0n) is 25.9. The van der Waals surface area contributed by atoms with Crippen LogP contribution >= 0.6 is 0 Å². The van der Waals surface area contributed by atoms with Gasteiger partial charge in [-0.15, -0.1) is 0 Å². The number of ether oxygens (including phenoxy) is 2. The molecule has 4 nitrogen and oxygen atoms in total. The van der Waals surface area contributed by atoms with Gasteiger partial charge in [0, 0.05) is 32.6 Å². The fourth-order valence-electron chi connectivity index (χ4n) is 3.17. The van der Waals surface area contributed by atoms with Crippen molar-refractivity contribution in [2.24, 2.45) is 5.92 Å². The highest BCUT2D eigenvalue weighted by molar-refractivity contribution is 7.89. The van der Waals surface area contributed by atoms with E-state index in [2.05, 4.69) is 83.2 Å². The minimum atomic E-state index is -2.67. The Morgan fingerprint density at radius 2 is 0.875 bits per heavy atom. The van der Waals surface area contributed by atoms with Crippen LogP contribution in [0.5, 0.6) is 0 Å². The largest absolute Gasteiger partial charge is 0.359 e. The minimum absolute atomic E-state index is 0.389. The molecule has 3 aliphatic carbocycles. The average molecular weight is 567 g/mol. The molecule has 0 N–H and O–H groups in total. The maximum atomic E-state index is 9.63. The Hall–Kier alpha value is -3.25. The van der Waals surface area contributed by atoms with E-state index in [-0.39, 0.29) is 0 Å². The molecule has 0 heterocycles. The summed E-state index contributed by atoms with van der Waals surface area (Å²) in [4.78, 5) is 0. The first kappa shape index (κ1) is 38.9. The Kier molecular flexibility index (Phi) is 25.3. The van der Waals surface area contributed by atoms with Gasteiger partial charge in [0.05, 0.1) is 0 Å². The molecule has 40 heavy (non-hydrogen) atoms. The smallest absolute Gasteiger partial charge is 0.145 e. The van der Waals surface area contributed by atoms with Gasteiger partial charge in [-0.3, -0.25) is 0 Å². The molecule has 220 valence electrons. The summed E-state index contributed by atoms with van der Waals surface area (Å²) in [5.74, 6) is 0.514. The lowest BCUT2D eigenvalue weighted by Crippen LogP contribution is -2.13. The van der Waals surface area contributed by atoms with Gasteiger partial charge in [0.15, 0.2) is 0 Å². The number of benzene rings is 2. The second-order valence-electron chi connectivity index (χ2n) is 8.16. The van der Waals surface area contributed by atoms with E-state index in [9.17, 15) is 8.42 Å².